The lowest BCUT2D eigenvalue weighted by molar-refractivity contribution is -0.137. The Kier molecular flexibility index (Phi) is 6.26. The van der Waals surface area contributed by atoms with Crippen molar-refractivity contribution >= 4 is 28.9 Å². The molecule has 0 spiro atoms. The van der Waals surface area contributed by atoms with Crippen molar-refractivity contribution in [2.45, 2.75) is 25.1 Å². The molecule has 1 saturated carbocycles. The number of fused-ring (bicyclic) bond motifs is 1. The van der Waals surface area contributed by atoms with Crippen LogP contribution in [0.2, 0.25) is 5.02 Å². The highest BCUT2D eigenvalue weighted by atomic mass is 35.5. The minimum absolute atomic E-state index is 0.0556. The maximum Gasteiger partial charge on any atom is 0.416 e. The molecule has 4 rings (SSSR count). The van der Waals surface area contributed by atoms with Gasteiger partial charge in [-0.2, -0.15) is 13.2 Å². The zero-order valence-electron chi connectivity index (χ0n) is 16.7. The lowest BCUT2D eigenvalue weighted by Crippen LogP contribution is -2.43. The van der Waals surface area contributed by atoms with Crippen LogP contribution in [0.4, 0.5) is 13.2 Å². The van der Waals surface area contributed by atoms with Crippen LogP contribution in [-0.2, 0) is 11.0 Å². The van der Waals surface area contributed by atoms with Gasteiger partial charge in [-0.1, -0.05) is 17.7 Å². The van der Waals surface area contributed by atoms with Gasteiger partial charge in [0.15, 0.2) is 11.0 Å². The van der Waals surface area contributed by atoms with Crippen molar-refractivity contribution in [1.82, 2.24) is 5.32 Å². The van der Waals surface area contributed by atoms with Gasteiger partial charge in [0.05, 0.1) is 21.5 Å². The topological polar surface area (TPSA) is 68.5 Å². The molecule has 0 saturated heterocycles. The first-order valence-electron chi connectivity index (χ1n) is 10.0. The molecule has 1 N–H and O–H groups in total. The highest BCUT2D eigenvalue weighted by molar-refractivity contribution is 6.34. The maximum absolute atomic E-state index is 13.3. The summed E-state index contributed by atoms with van der Waals surface area (Å²) in [7, 11) is 0. The van der Waals surface area contributed by atoms with E-state index in [9.17, 15) is 22.8 Å². The third-order valence-corrected chi connectivity index (χ3v) is 5.74. The number of aldehydes is 1. The molecule has 1 aromatic heterocycles. The number of ether oxygens (including phenoxy) is 1. The third kappa shape index (κ3) is 4.66. The second-order valence-corrected chi connectivity index (χ2v) is 8.07. The number of para-hydroxylation sites is 1. The molecule has 1 aliphatic rings. The van der Waals surface area contributed by atoms with Crippen LogP contribution in [0.1, 0.15) is 18.4 Å². The minimum Gasteiger partial charge on any atom is -0.491 e. The first kappa shape index (κ1) is 22.4. The van der Waals surface area contributed by atoms with Gasteiger partial charge in [0.2, 0.25) is 0 Å². The highest BCUT2D eigenvalue weighted by Crippen LogP contribution is 2.38. The van der Waals surface area contributed by atoms with Crippen molar-refractivity contribution in [3.05, 3.63) is 63.3 Å². The minimum atomic E-state index is -4.56. The van der Waals surface area contributed by atoms with Crippen molar-refractivity contribution < 1.29 is 27.1 Å². The quantitative estimate of drug-likeness (QED) is 0.389. The second-order valence-electron chi connectivity index (χ2n) is 7.67. The molecule has 0 atom stereocenters. The fourth-order valence-corrected chi connectivity index (χ4v) is 3.87. The van der Waals surface area contributed by atoms with Crippen LogP contribution in [0.5, 0.6) is 5.75 Å². The zero-order valence-corrected chi connectivity index (χ0v) is 17.5. The number of halogens is 4. The van der Waals surface area contributed by atoms with E-state index in [0.717, 1.165) is 31.3 Å². The number of rotatable bonds is 7. The summed E-state index contributed by atoms with van der Waals surface area (Å²) in [6.07, 6.45) is -2.16. The summed E-state index contributed by atoms with van der Waals surface area (Å²) in [6.45, 7) is 0.481. The van der Waals surface area contributed by atoms with Crippen molar-refractivity contribution in [3.8, 4) is 17.1 Å². The van der Waals surface area contributed by atoms with Crippen LogP contribution >= 0.6 is 11.6 Å². The molecule has 0 bridgehead atoms. The van der Waals surface area contributed by atoms with Gasteiger partial charge in [-0.05, 0) is 43.2 Å². The number of carbonyl (C=O) groups is 1. The van der Waals surface area contributed by atoms with Crippen molar-refractivity contribution in [2.24, 2.45) is 5.92 Å². The van der Waals surface area contributed by atoms with E-state index in [1.165, 1.54) is 12.1 Å². The molecular formula is C23H19ClF3NO4. The average Bonchev–Trinajstić information content (AvgIpc) is 2.72. The zero-order chi connectivity index (χ0) is 22.9. The third-order valence-electron chi connectivity index (χ3n) is 5.44. The summed E-state index contributed by atoms with van der Waals surface area (Å²) in [5.74, 6) is 0.0572. The van der Waals surface area contributed by atoms with Crippen molar-refractivity contribution in [3.63, 3.8) is 0 Å². The van der Waals surface area contributed by atoms with Gasteiger partial charge in [-0.25, -0.2) is 0 Å². The molecule has 168 valence electrons. The normalized spacial score (nSPS) is 18.4. The SMILES string of the molecule is O=CC1CC(NCCOc2cc(C(F)(F)F)ccc2-c2cc(=O)c3cccc(Cl)c3o2)C1. The van der Waals surface area contributed by atoms with E-state index in [1.807, 2.05) is 0 Å². The molecule has 32 heavy (non-hydrogen) atoms. The number of carbonyl (C=O) groups excluding carboxylic acids is 1. The molecule has 3 aromatic rings. The number of alkyl halides is 3. The van der Waals surface area contributed by atoms with E-state index >= 15 is 0 Å². The predicted molar refractivity (Wildman–Crippen MR) is 114 cm³/mol. The van der Waals surface area contributed by atoms with E-state index in [0.29, 0.717) is 6.54 Å². The number of hydrogen-bond acceptors (Lipinski definition) is 5. The van der Waals surface area contributed by atoms with Crippen LogP contribution in [0.15, 0.2) is 51.7 Å². The Hall–Kier alpha value is -2.84. The average molecular weight is 466 g/mol. The van der Waals surface area contributed by atoms with Crippen molar-refractivity contribution in [2.75, 3.05) is 13.2 Å². The van der Waals surface area contributed by atoms with Gasteiger partial charge in [0.25, 0.3) is 0 Å². The molecule has 0 radical (unpaired) electrons. The molecule has 2 aromatic carbocycles. The van der Waals surface area contributed by atoms with Gasteiger partial charge in [0, 0.05) is 24.6 Å². The van der Waals surface area contributed by atoms with E-state index in [1.54, 1.807) is 18.2 Å². The first-order chi connectivity index (χ1) is 15.3. The summed E-state index contributed by atoms with van der Waals surface area (Å²) in [5, 5.41) is 3.69. The first-order valence-corrected chi connectivity index (χ1v) is 10.4. The molecule has 0 amide bonds. The number of hydrogen-bond donors (Lipinski definition) is 1. The molecular weight excluding hydrogens is 447 g/mol. The molecule has 0 unspecified atom stereocenters. The standard InChI is InChI=1S/C23H19ClF3NO4/c24-18-3-1-2-16-19(30)11-21(32-22(16)18)17-5-4-14(23(25,26)27)10-20(17)31-7-6-28-15-8-13(9-15)12-29/h1-5,10-13,15,28H,6-9H2. The molecule has 1 aliphatic carbocycles. The maximum atomic E-state index is 13.3. The molecule has 1 fully saturated rings. The van der Waals surface area contributed by atoms with E-state index in [-0.39, 0.29) is 57.1 Å². The smallest absolute Gasteiger partial charge is 0.416 e. The second kappa shape index (κ2) is 8.96. The highest BCUT2D eigenvalue weighted by Gasteiger charge is 2.32. The molecule has 0 aliphatic heterocycles. The predicted octanol–water partition coefficient (Wildman–Crippen LogP) is 5.08. The van der Waals surface area contributed by atoms with E-state index < -0.39 is 11.7 Å². The summed E-state index contributed by atoms with van der Waals surface area (Å²) in [6, 6.07) is 9.14. The van der Waals surface area contributed by atoms with Gasteiger partial charge in [-0.3, -0.25) is 4.79 Å². The Morgan fingerprint density at radius 3 is 2.69 bits per heavy atom. The summed E-state index contributed by atoms with van der Waals surface area (Å²) >= 11 is 6.14. The van der Waals surface area contributed by atoms with Crippen LogP contribution in [0.3, 0.4) is 0 Å². The fraction of sp³-hybridized carbons (Fsp3) is 0.304. The fourth-order valence-electron chi connectivity index (χ4n) is 3.66. The Morgan fingerprint density at radius 1 is 1.19 bits per heavy atom. The van der Waals surface area contributed by atoms with Gasteiger partial charge >= 0.3 is 6.18 Å². The summed E-state index contributed by atoms with van der Waals surface area (Å²) in [5.41, 5.74) is -0.885. The summed E-state index contributed by atoms with van der Waals surface area (Å²) < 4.78 is 51.2. The van der Waals surface area contributed by atoms with Gasteiger partial charge in [-0.15, -0.1) is 0 Å². The lowest BCUT2D eigenvalue weighted by Gasteiger charge is -2.32. The van der Waals surface area contributed by atoms with E-state index in [2.05, 4.69) is 5.32 Å². The Balaban J connectivity index is 1.61. The largest absolute Gasteiger partial charge is 0.491 e. The molecule has 5 nitrogen and oxygen atoms in total. The van der Waals surface area contributed by atoms with Crippen LogP contribution in [0, 0.1) is 5.92 Å². The van der Waals surface area contributed by atoms with Gasteiger partial charge in [0.1, 0.15) is 24.4 Å². The van der Waals surface area contributed by atoms with Gasteiger partial charge < -0.3 is 19.3 Å². The summed E-state index contributed by atoms with van der Waals surface area (Å²) in [4.78, 5) is 23.2. The number of benzene rings is 2. The Morgan fingerprint density at radius 2 is 1.97 bits per heavy atom. The molecule has 1 heterocycles. The molecule has 9 heteroatoms. The van der Waals surface area contributed by atoms with Crippen molar-refractivity contribution in [1.29, 1.82) is 0 Å². The number of nitrogens with one attached hydrogen (secondary N) is 1. The van der Waals surface area contributed by atoms with E-state index in [4.69, 9.17) is 20.8 Å². The van der Waals surface area contributed by atoms with Crippen LogP contribution < -0.4 is 15.5 Å². The Labute approximate surface area is 186 Å². The van der Waals surface area contributed by atoms with Crippen LogP contribution in [0.25, 0.3) is 22.3 Å². The van der Waals surface area contributed by atoms with Crippen LogP contribution in [-0.4, -0.2) is 25.5 Å². The lowest BCUT2D eigenvalue weighted by atomic mass is 9.81. The Bertz CT molecular complexity index is 1200. The monoisotopic (exact) mass is 465 g/mol.